The molecule has 0 aromatic rings. The zero-order valence-electron chi connectivity index (χ0n) is 19.6. The molecular weight excluding hydrogens is 512 g/mol. The normalized spacial score (nSPS) is 15.4. The lowest BCUT2D eigenvalue weighted by molar-refractivity contribution is -0.145. The van der Waals surface area contributed by atoms with E-state index in [0.717, 1.165) is 13.8 Å². The third-order valence-corrected chi connectivity index (χ3v) is 7.71. The van der Waals surface area contributed by atoms with Crippen molar-refractivity contribution in [1.82, 2.24) is 5.32 Å². The number of carboxylic acid groups (broad SMARTS) is 1. The van der Waals surface area contributed by atoms with Gasteiger partial charge in [0.2, 0.25) is 16.2 Å². The smallest absolute Gasteiger partial charge is 0.317 e. The van der Waals surface area contributed by atoms with Gasteiger partial charge in [-0.1, -0.05) is 18.7 Å². The van der Waals surface area contributed by atoms with Gasteiger partial charge in [0, 0.05) is 11.8 Å². The van der Waals surface area contributed by atoms with E-state index in [1.165, 1.54) is 14.0 Å². The number of esters is 1. The Bertz CT molecular complexity index is 876. The summed E-state index contributed by atoms with van der Waals surface area (Å²) in [7, 11) is -3.56. The van der Waals surface area contributed by atoms with Gasteiger partial charge in [-0.2, -0.15) is 8.42 Å². The molecule has 2 amide bonds. The van der Waals surface area contributed by atoms with E-state index in [2.05, 4.69) is 10.1 Å². The first-order valence-corrected chi connectivity index (χ1v) is 12.9. The largest absolute Gasteiger partial charge is 0.480 e. The number of ether oxygens (including phenoxy) is 2. The SMILES string of the molecule is CCOC(=S)SC(CC(CC(CC(C)C(=O)OC)C(N)=O)C(=O)NC(C)(C)S(=O)(=O)O)C(=O)O. The minimum atomic E-state index is -4.73. The maximum absolute atomic E-state index is 13.0. The van der Waals surface area contributed by atoms with Crippen LogP contribution in [0.25, 0.3) is 0 Å². The van der Waals surface area contributed by atoms with Crippen LogP contribution < -0.4 is 11.1 Å². The van der Waals surface area contributed by atoms with Gasteiger partial charge < -0.3 is 25.6 Å². The summed E-state index contributed by atoms with van der Waals surface area (Å²) < 4.78 is 42.3. The lowest BCUT2D eigenvalue weighted by Gasteiger charge is -2.29. The van der Waals surface area contributed by atoms with Gasteiger partial charge in [0.25, 0.3) is 10.1 Å². The lowest BCUT2D eigenvalue weighted by atomic mass is 9.84. The molecule has 4 atom stereocenters. The number of carbonyl (C=O) groups is 4. The molecule has 5 N–H and O–H groups in total. The Morgan fingerprint density at radius 2 is 1.71 bits per heavy atom. The van der Waals surface area contributed by atoms with Crippen molar-refractivity contribution in [2.45, 2.75) is 57.1 Å². The highest BCUT2D eigenvalue weighted by molar-refractivity contribution is 8.23. The number of nitrogens with one attached hydrogen (secondary N) is 1. The van der Waals surface area contributed by atoms with Crippen LogP contribution in [-0.2, 0) is 38.8 Å². The van der Waals surface area contributed by atoms with Gasteiger partial charge in [-0.05, 0) is 52.3 Å². The van der Waals surface area contributed by atoms with Crippen LogP contribution in [0.2, 0.25) is 0 Å². The number of hydrogen-bond acceptors (Lipinski definition) is 10. The maximum atomic E-state index is 13.0. The highest BCUT2D eigenvalue weighted by Gasteiger charge is 2.39. The van der Waals surface area contributed by atoms with Crippen molar-refractivity contribution < 1.29 is 46.7 Å². The molecule has 0 rings (SSSR count). The third-order valence-electron chi connectivity index (χ3n) is 4.93. The van der Waals surface area contributed by atoms with E-state index in [0.29, 0.717) is 11.8 Å². The van der Waals surface area contributed by atoms with Crippen LogP contribution in [0.5, 0.6) is 0 Å². The molecule has 0 aromatic heterocycles. The van der Waals surface area contributed by atoms with E-state index >= 15 is 0 Å². The lowest BCUT2D eigenvalue weighted by Crippen LogP contribution is -2.52. The molecule has 0 aliphatic rings. The summed E-state index contributed by atoms with van der Waals surface area (Å²) in [5.74, 6) is -6.76. The first-order valence-electron chi connectivity index (χ1n) is 10.2. The number of hydrogen-bond donors (Lipinski definition) is 4. The zero-order chi connectivity index (χ0) is 26.9. The first-order chi connectivity index (χ1) is 15.5. The van der Waals surface area contributed by atoms with E-state index in [9.17, 15) is 37.3 Å². The van der Waals surface area contributed by atoms with Gasteiger partial charge in [0.15, 0.2) is 4.87 Å². The van der Waals surface area contributed by atoms with Crippen LogP contribution in [0.3, 0.4) is 0 Å². The van der Waals surface area contributed by atoms with E-state index < -0.39 is 61.7 Å². The van der Waals surface area contributed by atoms with Crippen molar-refractivity contribution in [3.8, 4) is 0 Å². The number of thioether (sulfide) groups is 1. The average molecular weight is 545 g/mol. The van der Waals surface area contributed by atoms with Crippen molar-refractivity contribution in [3.63, 3.8) is 0 Å². The summed E-state index contributed by atoms with van der Waals surface area (Å²) >= 11 is 5.65. The van der Waals surface area contributed by atoms with Crippen molar-refractivity contribution in [2.75, 3.05) is 13.7 Å². The summed E-state index contributed by atoms with van der Waals surface area (Å²) in [4.78, 5) is 46.6. The van der Waals surface area contributed by atoms with Crippen LogP contribution in [0.4, 0.5) is 0 Å². The predicted molar refractivity (Wildman–Crippen MR) is 128 cm³/mol. The molecule has 0 radical (unpaired) electrons. The molecule has 0 heterocycles. The Labute approximate surface area is 208 Å². The van der Waals surface area contributed by atoms with Crippen LogP contribution in [0.15, 0.2) is 0 Å². The Balaban J connectivity index is 6.04. The molecule has 12 nitrogen and oxygen atoms in total. The van der Waals surface area contributed by atoms with Gasteiger partial charge in [-0.3, -0.25) is 23.7 Å². The number of amides is 2. The molecule has 0 fully saturated rings. The van der Waals surface area contributed by atoms with Crippen LogP contribution in [0.1, 0.15) is 47.0 Å². The summed E-state index contributed by atoms with van der Waals surface area (Å²) in [6, 6.07) is 0. The quantitative estimate of drug-likeness (QED) is 0.137. The molecule has 0 aromatic carbocycles. The Morgan fingerprint density at radius 1 is 1.15 bits per heavy atom. The fourth-order valence-electron chi connectivity index (χ4n) is 2.90. The Kier molecular flexibility index (Phi) is 13.0. The summed E-state index contributed by atoms with van der Waals surface area (Å²) in [6.07, 6.45) is -0.761. The Morgan fingerprint density at radius 3 is 2.12 bits per heavy atom. The molecule has 4 unspecified atom stereocenters. The number of thiocarbonyl (C=S) groups is 1. The monoisotopic (exact) mass is 544 g/mol. The number of primary amides is 1. The highest BCUT2D eigenvalue weighted by atomic mass is 32.2. The van der Waals surface area contributed by atoms with E-state index in [1.807, 2.05) is 0 Å². The standard InChI is InChI=1S/C19H32N2O10S3/c1-6-31-18(32)33-13(16(24)25)9-12(15(23)21-19(3,4)34(27,28)29)8-11(14(20)22)7-10(2)17(26)30-5/h10-13H,6-9H2,1-5H3,(H2,20,22)(H,21,23)(H,24,25)(H,27,28,29). The van der Waals surface area contributed by atoms with Crippen molar-refractivity contribution >= 4 is 62.2 Å². The number of carboxylic acids is 1. The van der Waals surface area contributed by atoms with Crippen molar-refractivity contribution in [2.24, 2.45) is 23.5 Å². The summed E-state index contributed by atoms with van der Waals surface area (Å²) in [5.41, 5.74) is 5.46. The van der Waals surface area contributed by atoms with Crippen molar-refractivity contribution in [1.29, 1.82) is 0 Å². The highest BCUT2D eigenvalue weighted by Crippen LogP contribution is 2.29. The number of methoxy groups -OCH3 is 1. The molecule has 0 aliphatic carbocycles. The average Bonchev–Trinajstić information content (AvgIpc) is 2.69. The van der Waals surface area contributed by atoms with E-state index in [-0.39, 0.29) is 30.3 Å². The fourth-order valence-corrected chi connectivity index (χ4v) is 4.44. The van der Waals surface area contributed by atoms with Crippen LogP contribution >= 0.6 is 24.0 Å². The van der Waals surface area contributed by atoms with Gasteiger partial charge in [-0.25, -0.2) is 0 Å². The molecule has 0 bridgehead atoms. The Hall–Kier alpha value is -1.97. The summed E-state index contributed by atoms with van der Waals surface area (Å²) in [6.45, 7) is 5.41. The second-order valence-electron chi connectivity index (χ2n) is 8.03. The molecule has 0 aliphatic heterocycles. The van der Waals surface area contributed by atoms with Gasteiger partial charge in [0.1, 0.15) is 5.25 Å². The zero-order valence-corrected chi connectivity index (χ0v) is 22.0. The second-order valence-corrected chi connectivity index (χ2v) is 11.8. The summed E-state index contributed by atoms with van der Waals surface area (Å²) in [5, 5.41) is 10.5. The molecule has 0 saturated carbocycles. The fraction of sp³-hybridized carbons (Fsp3) is 0.737. The molecule has 15 heteroatoms. The van der Waals surface area contributed by atoms with Gasteiger partial charge >= 0.3 is 11.9 Å². The molecular formula is C19H32N2O10S3. The topological polar surface area (TPSA) is 199 Å². The number of aliphatic carboxylic acids is 1. The molecule has 34 heavy (non-hydrogen) atoms. The number of carbonyl (C=O) groups excluding carboxylic acids is 3. The minimum Gasteiger partial charge on any atom is -0.480 e. The van der Waals surface area contributed by atoms with Crippen LogP contribution in [0, 0.1) is 17.8 Å². The van der Waals surface area contributed by atoms with Crippen LogP contribution in [-0.4, -0.2) is 70.1 Å². The maximum Gasteiger partial charge on any atom is 0.317 e. The van der Waals surface area contributed by atoms with Gasteiger partial charge in [-0.15, -0.1) is 0 Å². The molecule has 0 spiro atoms. The second kappa shape index (κ2) is 13.8. The number of rotatable bonds is 14. The third kappa shape index (κ3) is 10.5. The minimum absolute atomic E-state index is 0.0712. The predicted octanol–water partition coefficient (Wildman–Crippen LogP) is 0.931. The van der Waals surface area contributed by atoms with E-state index in [4.69, 9.17) is 22.7 Å². The molecule has 196 valence electrons. The van der Waals surface area contributed by atoms with Crippen molar-refractivity contribution in [3.05, 3.63) is 0 Å². The first kappa shape index (κ1) is 32.0. The number of nitrogens with two attached hydrogens (primary N) is 1. The van der Waals surface area contributed by atoms with Gasteiger partial charge in [0.05, 0.1) is 19.6 Å². The van der Waals surface area contributed by atoms with E-state index in [1.54, 1.807) is 6.92 Å². The molecule has 0 saturated heterocycles.